The third-order valence-electron chi connectivity index (χ3n) is 2.77. The predicted molar refractivity (Wildman–Crippen MR) is 75.0 cm³/mol. The summed E-state index contributed by atoms with van der Waals surface area (Å²) in [7, 11) is 0. The van der Waals surface area contributed by atoms with Crippen molar-refractivity contribution in [2.75, 3.05) is 0 Å². The molecule has 18 heavy (non-hydrogen) atoms. The fourth-order valence-corrected chi connectivity index (χ4v) is 1.79. The van der Waals surface area contributed by atoms with Crippen LogP contribution in [0.5, 0.6) is 5.75 Å². The maximum absolute atomic E-state index is 11.9. The highest BCUT2D eigenvalue weighted by Gasteiger charge is 2.08. The van der Waals surface area contributed by atoms with Crippen molar-refractivity contribution in [3.05, 3.63) is 63.6 Å². The van der Waals surface area contributed by atoms with E-state index in [2.05, 4.69) is 15.9 Å². The van der Waals surface area contributed by atoms with Crippen LogP contribution in [0.3, 0.4) is 0 Å². The van der Waals surface area contributed by atoms with Crippen molar-refractivity contribution in [1.82, 2.24) is 0 Å². The molecule has 0 saturated heterocycles. The van der Waals surface area contributed by atoms with E-state index in [9.17, 15) is 4.79 Å². The number of aryl methyl sites for hydroxylation is 2. The molecular formula is C15H13BrO2. The highest BCUT2D eigenvalue weighted by Crippen LogP contribution is 2.18. The van der Waals surface area contributed by atoms with E-state index in [0.29, 0.717) is 11.3 Å². The summed E-state index contributed by atoms with van der Waals surface area (Å²) in [5.41, 5.74) is 2.82. The summed E-state index contributed by atoms with van der Waals surface area (Å²) in [5, 5.41) is 0. The molecule has 0 fully saturated rings. The van der Waals surface area contributed by atoms with Gasteiger partial charge in [0.05, 0.1) is 5.56 Å². The second-order valence-corrected chi connectivity index (χ2v) is 5.06. The average molecular weight is 305 g/mol. The van der Waals surface area contributed by atoms with Crippen LogP contribution in [-0.4, -0.2) is 5.97 Å². The lowest BCUT2D eigenvalue weighted by atomic mass is 10.1. The Kier molecular flexibility index (Phi) is 3.82. The molecule has 0 amide bonds. The molecule has 3 heteroatoms. The van der Waals surface area contributed by atoms with E-state index in [4.69, 9.17) is 4.74 Å². The van der Waals surface area contributed by atoms with Crippen LogP contribution in [0.1, 0.15) is 21.5 Å². The number of benzene rings is 2. The largest absolute Gasteiger partial charge is 0.423 e. The lowest BCUT2D eigenvalue weighted by molar-refractivity contribution is 0.0734. The number of hydrogen-bond donors (Lipinski definition) is 0. The Labute approximate surface area is 115 Å². The molecular weight excluding hydrogens is 292 g/mol. The monoisotopic (exact) mass is 304 g/mol. The SMILES string of the molecule is Cc1ccc(OC(=O)c2ccc(Br)cc2)cc1C. The van der Waals surface area contributed by atoms with Gasteiger partial charge in [0.25, 0.3) is 0 Å². The van der Waals surface area contributed by atoms with Gasteiger partial charge in [0, 0.05) is 4.47 Å². The number of ether oxygens (including phenoxy) is 1. The second-order valence-electron chi connectivity index (χ2n) is 4.14. The zero-order chi connectivity index (χ0) is 13.1. The Bertz CT molecular complexity index is 574. The summed E-state index contributed by atoms with van der Waals surface area (Å²) in [5.74, 6) is 0.233. The molecule has 0 aliphatic rings. The average Bonchev–Trinajstić information content (AvgIpc) is 2.34. The van der Waals surface area contributed by atoms with Gasteiger partial charge in [0.2, 0.25) is 0 Å². The zero-order valence-corrected chi connectivity index (χ0v) is 11.8. The second kappa shape index (κ2) is 5.36. The van der Waals surface area contributed by atoms with E-state index in [-0.39, 0.29) is 5.97 Å². The predicted octanol–water partition coefficient (Wildman–Crippen LogP) is 4.29. The van der Waals surface area contributed by atoms with Gasteiger partial charge in [-0.05, 0) is 61.4 Å². The van der Waals surface area contributed by atoms with Gasteiger partial charge in [-0.1, -0.05) is 22.0 Å². The number of halogens is 1. The number of hydrogen-bond acceptors (Lipinski definition) is 2. The first-order valence-corrected chi connectivity index (χ1v) is 6.40. The molecule has 0 spiro atoms. The lowest BCUT2D eigenvalue weighted by Gasteiger charge is -2.06. The van der Waals surface area contributed by atoms with Gasteiger partial charge < -0.3 is 4.74 Å². The van der Waals surface area contributed by atoms with Gasteiger partial charge in [-0.2, -0.15) is 0 Å². The van der Waals surface area contributed by atoms with Crippen LogP contribution in [-0.2, 0) is 0 Å². The van der Waals surface area contributed by atoms with Crippen molar-refractivity contribution in [1.29, 1.82) is 0 Å². The molecule has 2 aromatic rings. The lowest BCUT2D eigenvalue weighted by Crippen LogP contribution is -2.08. The standard InChI is InChI=1S/C15H13BrO2/c1-10-3-8-14(9-11(10)2)18-15(17)12-4-6-13(16)7-5-12/h3-9H,1-2H3. The molecule has 0 saturated carbocycles. The first-order chi connectivity index (χ1) is 8.56. The van der Waals surface area contributed by atoms with E-state index >= 15 is 0 Å². The van der Waals surface area contributed by atoms with E-state index in [0.717, 1.165) is 10.0 Å². The Hall–Kier alpha value is -1.61. The van der Waals surface area contributed by atoms with Crippen LogP contribution < -0.4 is 4.74 Å². The molecule has 0 aliphatic heterocycles. The smallest absolute Gasteiger partial charge is 0.343 e. The third kappa shape index (κ3) is 2.99. The van der Waals surface area contributed by atoms with Gasteiger partial charge in [0.15, 0.2) is 0 Å². The fourth-order valence-electron chi connectivity index (χ4n) is 1.53. The molecule has 0 aliphatic carbocycles. The van der Waals surface area contributed by atoms with Gasteiger partial charge >= 0.3 is 5.97 Å². The van der Waals surface area contributed by atoms with Gasteiger partial charge in [-0.25, -0.2) is 4.79 Å². The van der Waals surface area contributed by atoms with E-state index in [1.807, 2.05) is 38.1 Å². The Morgan fingerprint density at radius 3 is 2.28 bits per heavy atom. The minimum absolute atomic E-state index is 0.342. The van der Waals surface area contributed by atoms with Crippen molar-refractivity contribution in [3.8, 4) is 5.75 Å². The summed E-state index contributed by atoms with van der Waals surface area (Å²) in [6.45, 7) is 4.02. The molecule has 0 heterocycles. The molecule has 0 aromatic heterocycles. The summed E-state index contributed by atoms with van der Waals surface area (Å²) in [6.07, 6.45) is 0. The molecule has 92 valence electrons. The summed E-state index contributed by atoms with van der Waals surface area (Å²) in [6, 6.07) is 12.7. The van der Waals surface area contributed by atoms with E-state index in [1.54, 1.807) is 18.2 Å². The third-order valence-corrected chi connectivity index (χ3v) is 3.30. The van der Waals surface area contributed by atoms with Crippen LogP contribution in [0, 0.1) is 13.8 Å². The van der Waals surface area contributed by atoms with E-state index in [1.165, 1.54) is 5.56 Å². The first kappa shape index (κ1) is 12.8. The molecule has 0 bridgehead atoms. The maximum atomic E-state index is 11.9. The van der Waals surface area contributed by atoms with Crippen molar-refractivity contribution < 1.29 is 9.53 Å². The van der Waals surface area contributed by atoms with Crippen molar-refractivity contribution in [3.63, 3.8) is 0 Å². The highest BCUT2D eigenvalue weighted by molar-refractivity contribution is 9.10. The van der Waals surface area contributed by atoms with Crippen molar-refractivity contribution in [2.24, 2.45) is 0 Å². The van der Waals surface area contributed by atoms with Crippen LogP contribution in [0.25, 0.3) is 0 Å². The maximum Gasteiger partial charge on any atom is 0.343 e. The van der Waals surface area contributed by atoms with Crippen molar-refractivity contribution in [2.45, 2.75) is 13.8 Å². The molecule has 2 rings (SSSR count). The molecule has 0 unspecified atom stereocenters. The Balaban J connectivity index is 2.16. The minimum Gasteiger partial charge on any atom is -0.423 e. The molecule has 0 atom stereocenters. The molecule has 0 N–H and O–H groups in total. The zero-order valence-electron chi connectivity index (χ0n) is 10.2. The van der Waals surface area contributed by atoms with Gasteiger partial charge in [-0.3, -0.25) is 0 Å². The molecule has 2 aromatic carbocycles. The number of esters is 1. The first-order valence-electron chi connectivity index (χ1n) is 5.61. The topological polar surface area (TPSA) is 26.3 Å². The van der Waals surface area contributed by atoms with E-state index < -0.39 is 0 Å². The number of carbonyl (C=O) groups excluding carboxylic acids is 1. The highest BCUT2D eigenvalue weighted by atomic mass is 79.9. The van der Waals surface area contributed by atoms with Crippen LogP contribution in [0.15, 0.2) is 46.9 Å². The fraction of sp³-hybridized carbons (Fsp3) is 0.133. The Morgan fingerprint density at radius 2 is 1.67 bits per heavy atom. The number of carbonyl (C=O) groups is 1. The summed E-state index contributed by atoms with van der Waals surface area (Å²) < 4.78 is 6.26. The van der Waals surface area contributed by atoms with Crippen LogP contribution in [0.4, 0.5) is 0 Å². The molecule has 0 radical (unpaired) electrons. The quantitative estimate of drug-likeness (QED) is 0.611. The minimum atomic E-state index is -0.342. The summed E-state index contributed by atoms with van der Waals surface area (Å²) in [4.78, 5) is 11.9. The molecule has 2 nitrogen and oxygen atoms in total. The van der Waals surface area contributed by atoms with Crippen LogP contribution in [0.2, 0.25) is 0 Å². The van der Waals surface area contributed by atoms with Crippen LogP contribution >= 0.6 is 15.9 Å². The van der Waals surface area contributed by atoms with Gasteiger partial charge in [0.1, 0.15) is 5.75 Å². The van der Waals surface area contributed by atoms with Crippen molar-refractivity contribution >= 4 is 21.9 Å². The van der Waals surface area contributed by atoms with Gasteiger partial charge in [-0.15, -0.1) is 0 Å². The summed E-state index contributed by atoms with van der Waals surface area (Å²) >= 11 is 3.33. The number of rotatable bonds is 2. The Morgan fingerprint density at radius 1 is 1.00 bits per heavy atom. The normalized spacial score (nSPS) is 10.2.